The van der Waals surface area contributed by atoms with Crippen LogP contribution >= 0.6 is 0 Å². The Labute approximate surface area is 131 Å². The van der Waals surface area contributed by atoms with Crippen LogP contribution in [0, 0.1) is 12.7 Å². The lowest BCUT2D eigenvalue weighted by Gasteiger charge is -2.08. The number of aryl methyl sites for hydroxylation is 1. The molecule has 1 aromatic heterocycles. The summed E-state index contributed by atoms with van der Waals surface area (Å²) in [6.07, 6.45) is 0. The summed E-state index contributed by atoms with van der Waals surface area (Å²) in [5, 5.41) is 2.47. The fraction of sp³-hybridized carbons (Fsp3) is 0.188. The van der Waals surface area contributed by atoms with Gasteiger partial charge in [0.15, 0.2) is 0 Å². The van der Waals surface area contributed by atoms with E-state index in [9.17, 15) is 18.8 Å². The molecule has 120 valence electrons. The van der Waals surface area contributed by atoms with Crippen molar-refractivity contribution in [1.82, 2.24) is 4.98 Å². The van der Waals surface area contributed by atoms with Gasteiger partial charge in [-0.2, -0.15) is 0 Å². The SMILES string of the molecule is CCOC(=O)c1cc(C(=O)Nc2ccc(F)cc2)c(=O)[nH]c1C. The fourth-order valence-corrected chi connectivity index (χ4v) is 1.94. The Hall–Kier alpha value is -2.96. The zero-order chi connectivity index (χ0) is 17.0. The van der Waals surface area contributed by atoms with Gasteiger partial charge >= 0.3 is 5.97 Å². The normalized spacial score (nSPS) is 10.2. The Morgan fingerprint density at radius 2 is 1.87 bits per heavy atom. The molecule has 2 aromatic rings. The molecular weight excluding hydrogens is 303 g/mol. The quantitative estimate of drug-likeness (QED) is 0.846. The first-order valence-corrected chi connectivity index (χ1v) is 6.90. The van der Waals surface area contributed by atoms with Crippen LogP contribution < -0.4 is 10.9 Å². The van der Waals surface area contributed by atoms with E-state index in [2.05, 4.69) is 10.3 Å². The van der Waals surface area contributed by atoms with Gasteiger partial charge in [0.05, 0.1) is 12.2 Å². The van der Waals surface area contributed by atoms with Crippen molar-refractivity contribution in [3.63, 3.8) is 0 Å². The molecule has 1 heterocycles. The van der Waals surface area contributed by atoms with Gasteiger partial charge in [-0.3, -0.25) is 9.59 Å². The van der Waals surface area contributed by atoms with Gasteiger partial charge in [0, 0.05) is 11.4 Å². The lowest BCUT2D eigenvalue weighted by molar-refractivity contribution is 0.0525. The van der Waals surface area contributed by atoms with Crippen LogP contribution in [-0.2, 0) is 4.74 Å². The highest BCUT2D eigenvalue weighted by Crippen LogP contribution is 2.11. The van der Waals surface area contributed by atoms with Crippen molar-refractivity contribution < 1.29 is 18.7 Å². The van der Waals surface area contributed by atoms with Crippen molar-refractivity contribution >= 4 is 17.6 Å². The second kappa shape index (κ2) is 6.87. The second-order valence-corrected chi connectivity index (χ2v) is 4.73. The Kier molecular flexibility index (Phi) is 4.90. The minimum Gasteiger partial charge on any atom is -0.462 e. The highest BCUT2D eigenvalue weighted by atomic mass is 19.1. The van der Waals surface area contributed by atoms with Crippen LogP contribution in [0.5, 0.6) is 0 Å². The van der Waals surface area contributed by atoms with E-state index >= 15 is 0 Å². The minimum atomic E-state index is -0.705. The monoisotopic (exact) mass is 318 g/mol. The first-order valence-electron chi connectivity index (χ1n) is 6.90. The summed E-state index contributed by atoms with van der Waals surface area (Å²) in [4.78, 5) is 38.4. The second-order valence-electron chi connectivity index (χ2n) is 4.73. The molecule has 0 atom stereocenters. The van der Waals surface area contributed by atoms with Crippen molar-refractivity contribution in [2.75, 3.05) is 11.9 Å². The average Bonchev–Trinajstić information content (AvgIpc) is 2.49. The fourth-order valence-electron chi connectivity index (χ4n) is 1.94. The van der Waals surface area contributed by atoms with Crippen LogP contribution in [0.2, 0.25) is 0 Å². The molecule has 0 aliphatic heterocycles. The number of rotatable bonds is 4. The number of amides is 1. The van der Waals surface area contributed by atoms with Crippen LogP contribution in [0.3, 0.4) is 0 Å². The molecule has 0 aliphatic rings. The number of carbonyl (C=O) groups excluding carboxylic acids is 2. The van der Waals surface area contributed by atoms with Gasteiger partial charge in [0.2, 0.25) is 0 Å². The molecule has 1 amide bonds. The van der Waals surface area contributed by atoms with Crippen LogP contribution in [-0.4, -0.2) is 23.5 Å². The standard InChI is InChI=1S/C16H15FN2O4/c1-3-23-16(22)12-8-13(14(20)18-9(12)2)15(21)19-11-6-4-10(17)5-7-11/h4-8H,3H2,1-2H3,(H,18,20)(H,19,21). The summed E-state index contributed by atoms with van der Waals surface area (Å²) < 4.78 is 17.7. The van der Waals surface area contributed by atoms with Crippen molar-refractivity contribution in [1.29, 1.82) is 0 Å². The van der Waals surface area contributed by atoms with E-state index in [1.165, 1.54) is 37.3 Å². The number of nitrogens with one attached hydrogen (secondary N) is 2. The zero-order valence-electron chi connectivity index (χ0n) is 12.6. The maximum absolute atomic E-state index is 12.9. The maximum Gasteiger partial charge on any atom is 0.339 e. The summed E-state index contributed by atoms with van der Waals surface area (Å²) in [7, 11) is 0. The van der Waals surface area contributed by atoms with Crippen LogP contribution in [0.1, 0.15) is 33.3 Å². The molecule has 2 N–H and O–H groups in total. The summed E-state index contributed by atoms with van der Waals surface area (Å²) >= 11 is 0. The number of hydrogen-bond donors (Lipinski definition) is 2. The molecule has 6 nitrogen and oxygen atoms in total. The number of esters is 1. The number of ether oxygens (including phenoxy) is 1. The average molecular weight is 318 g/mol. The Morgan fingerprint density at radius 3 is 2.48 bits per heavy atom. The molecule has 2 rings (SSSR count). The molecule has 0 unspecified atom stereocenters. The largest absolute Gasteiger partial charge is 0.462 e. The maximum atomic E-state index is 12.9. The summed E-state index contributed by atoms with van der Waals surface area (Å²) in [5.41, 5.74) is -0.116. The van der Waals surface area contributed by atoms with Gasteiger partial charge in [-0.15, -0.1) is 0 Å². The minimum absolute atomic E-state index is 0.107. The third-order valence-electron chi connectivity index (χ3n) is 3.08. The predicted molar refractivity (Wildman–Crippen MR) is 82.1 cm³/mol. The Morgan fingerprint density at radius 1 is 1.22 bits per heavy atom. The van der Waals surface area contributed by atoms with Crippen molar-refractivity contribution in [3.8, 4) is 0 Å². The number of halogens is 1. The summed E-state index contributed by atoms with van der Waals surface area (Å²) in [6.45, 7) is 3.37. The van der Waals surface area contributed by atoms with Gasteiger partial charge in [-0.1, -0.05) is 0 Å². The van der Waals surface area contributed by atoms with E-state index in [0.717, 1.165) is 0 Å². The number of H-pyrrole nitrogens is 1. The Bertz CT molecular complexity index is 797. The third kappa shape index (κ3) is 3.82. The molecule has 23 heavy (non-hydrogen) atoms. The van der Waals surface area contributed by atoms with Gasteiger partial charge in [-0.05, 0) is 44.2 Å². The number of aromatic amines is 1. The number of hydrogen-bond acceptors (Lipinski definition) is 4. The van der Waals surface area contributed by atoms with Gasteiger partial charge in [0.1, 0.15) is 11.4 Å². The van der Waals surface area contributed by atoms with E-state index in [-0.39, 0.29) is 17.7 Å². The molecule has 0 radical (unpaired) electrons. The van der Waals surface area contributed by atoms with Crippen molar-refractivity contribution in [2.45, 2.75) is 13.8 Å². The van der Waals surface area contributed by atoms with Crippen molar-refractivity contribution in [3.05, 3.63) is 63.3 Å². The smallest absolute Gasteiger partial charge is 0.339 e. The van der Waals surface area contributed by atoms with Gasteiger partial charge in [0.25, 0.3) is 11.5 Å². The van der Waals surface area contributed by atoms with E-state index in [4.69, 9.17) is 4.74 Å². The van der Waals surface area contributed by atoms with E-state index in [0.29, 0.717) is 11.4 Å². The van der Waals surface area contributed by atoms with Crippen LogP contribution in [0.15, 0.2) is 35.1 Å². The number of anilines is 1. The first-order chi connectivity index (χ1) is 10.9. The Balaban J connectivity index is 2.32. The number of pyridine rings is 1. The third-order valence-corrected chi connectivity index (χ3v) is 3.08. The predicted octanol–water partition coefficient (Wildman–Crippen LogP) is 2.25. The number of aromatic nitrogens is 1. The molecular formula is C16H15FN2O4. The molecule has 0 spiro atoms. The molecule has 0 saturated heterocycles. The molecule has 7 heteroatoms. The molecule has 0 bridgehead atoms. The first kappa shape index (κ1) is 16.4. The molecule has 0 saturated carbocycles. The highest BCUT2D eigenvalue weighted by molar-refractivity contribution is 6.05. The van der Waals surface area contributed by atoms with E-state index in [1.807, 2.05) is 0 Å². The highest BCUT2D eigenvalue weighted by Gasteiger charge is 2.18. The molecule has 0 aliphatic carbocycles. The molecule has 0 fully saturated rings. The molecule has 1 aromatic carbocycles. The lowest BCUT2D eigenvalue weighted by Crippen LogP contribution is -2.25. The van der Waals surface area contributed by atoms with Crippen LogP contribution in [0.4, 0.5) is 10.1 Å². The number of benzene rings is 1. The van der Waals surface area contributed by atoms with Crippen molar-refractivity contribution in [2.24, 2.45) is 0 Å². The van der Waals surface area contributed by atoms with Gasteiger partial charge in [-0.25, -0.2) is 9.18 Å². The lowest BCUT2D eigenvalue weighted by atomic mass is 10.1. The van der Waals surface area contributed by atoms with Crippen LogP contribution in [0.25, 0.3) is 0 Å². The summed E-state index contributed by atoms with van der Waals surface area (Å²) in [5.74, 6) is -1.78. The zero-order valence-corrected chi connectivity index (χ0v) is 12.6. The summed E-state index contributed by atoms with van der Waals surface area (Å²) in [6, 6.07) is 6.27. The van der Waals surface area contributed by atoms with E-state index < -0.39 is 23.3 Å². The van der Waals surface area contributed by atoms with Gasteiger partial charge < -0.3 is 15.0 Å². The topological polar surface area (TPSA) is 88.3 Å². The number of carbonyl (C=O) groups is 2. The van der Waals surface area contributed by atoms with E-state index in [1.54, 1.807) is 6.92 Å².